The number of sulfone groups is 1. The first-order chi connectivity index (χ1) is 14.1. The molecule has 2 atom stereocenters. The Labute approximate surface area is 174 Å². The van der Waals surface area contributed by atoms with Crippen molar-refractivity contribution in [1.29, 1.82) is 0 Å². The zero-order chi connectivity index (χ0) is 19.8. The maximum absolute atomic E-state index is 12.2. The molecule has 0 N–H and O–H groups in total. The predicted molar refractivity (Wildman–Crippen MR) is 116 cm³/mol. The van der Waals surface area contributed by atoms with Crippen molar-refractivity contribution < 1.29 is 17.9 Å². The van der Waals surface area contributed by atoms with Crippen molar-refractivity contribution in [1.82, 2.24) is 0 Å². The molecule has 1 saturated heterocycles. The van der Waals surface area contributed by atoms with Crippen molar-refractivity contribution in [3.63, 3.8) is 0 Å². The molecule has 6 nitrogen and oxygen atoms in total. The van der Waals surface area contributed by atoms with Gasteiger partial charge in [-0.3, -0.25) is 4.99 Å². The molecular formula is C21H22N2O4S2. The quantitative estimate of drug-likeness (QED) is 0.679. The Bertz CT molecular complexity index is 1040. The third-order valence-corrected chi connectivity index (χ3v) is 8.18. The smallest absolute Gasteiger partial charge is 0.231 e. The molecule has 0 radical (unpaired) electrons. The minimum atomic E-state index is -3.06. The van der Waals surface area contributed by atoms with Crippen LogP contribution in [-0.2, 0) is 16.3 Å². The summed E-state index contributed by atoms with van der Waals surface area (Å²) < 4.78 is 35.3. The van der Waals surface area contributed by atoms with E-state index in [1.165, 1.54) is 5.56 Å². The SMILES string of the molecule is O=S1(=O)C[C@@H]2N=C(SCCCc3ccccc3)N(c3ccc4c(c3)OCO4)[C@@H]2C1. The van der Waals surface area contributed by atoms with Crippen LogP contribution in [0.4, 0.5) is 5.69 Å². The summed E-state index contributed by atoms with van der Waals surface area (Å²) in [5.41, 5.74) is 2.24. The van der Waals surface area contributed by atoms with Crippen LogP contribution in [-0.4, -0.2) is 49.7 Å². The second-order valence-electron chi connectivity index (χ2n) is 7.47. The van der Waals surface area contributed by atoms with Gasteiger partial charge in [0, 0.05) is 17.5 Å². The topological polar surface area (TPSA) is 68.2 Å². The van der Waals surface area contributed by atoms with Gasteiger partial charge in [-0.2, -0.15) is 0 Å². The number of thioether (sulfide) groups is 1. The summed E-state index contributed by atoms with van der Waals surface area (Å²) in [5.74, 6) is 2.62. The van der Waals surface area contributed by atoms with Crippen molar-refractivity contribution in [2.24, 2.45) is 4.99 Å². The van der Waals surface area contributed by atoms with Crippen LogP contribution in [0.3, 0.4) is 0 Å². The van der Waals surface area contributed by atoms with E-state index in [2.05, 4.69) is 29.2 Å². The number of benzene rings is 2. The van der Waals surface area contributed by atoms with Crippen LogP contribution in [0, 0.1) is 0 Å². The van der Waals surface area contributed by atoms with Crippen LogP contribution in [0.15, 0.2) is 53.5 Å². The first kappa shape index (κ1) is 18.8. The molecule has 3 heterocycles. The fourth-order valence-corrected chi connectivity index (χ4v) is 6.96. The highest BCUT2D eigenvalue weighted by Crippen LogP contribution is 2.40. The molecule has 0 saturated carbocycles. The highest BCUT2D eigenvalue weighted by Gasteiger charge is 2.47. The summed E-state index contributed by atoms with van der Waals surface area (Å²) in [7, 11) is -3.06. The fraction of sp³-hybridized carbons (Fsp3) is 0.381. The molecule has 8 heteroatoms. The molecule has 1 fully saturated rings. The second kappa shape index (κ2) is 7.57. The monoisotopic (exact) mass is 430 g/mol. The third-order valence-electron chi connectivity index (χ3n) is 5.43. The number of aryl methyl sites for hydroxylation is 1. The molecule has 0 bridgehead atoms. The average Bonchev–Trinajstić information content (AvgIpc) is 3.37. The number of aliphatic imine (C=N–C) groups is 1. The fourth-order valence-electron chi connectivity index (χ4n) is 4.05. The molecule has 152 valence electrons. The lowest BCUT2D eigenvalue weighted by Gasteiger charge is -2.26. The molecule has 5 rings (SSSR count). The van der Waals surface area contributed by atoms with Gasteiger partial charge < -0.3 is 14.4 Å². The van der Waals surface area contributed by atoms with Gasteiger partial charge in [0.25, 0.3) is 0 Å². The Balaban J connectivity index is 1.33. The van der Waals surface area contributed by atoms with E-state index in [0.717, 1.165) is 35.2 Å². The van der Waals surface area contributed by atoms with Crippen LogP contribution < -0.4 is 14.4 Å². The molecule has 2 aromatic rings. The Hall–Kier alpha value is -2.19. The Morgan fingerprint density at radius 1 is 1.07 bits per heavy atom. The number of fused-ring (bicyclic) bond motifs is 2. The summed E-state index contributed by atoms with van der Waals surface area (Å²) >= 11 is 1.71. The van der Waals surface area contributed by atoms with Crippen molar-refractivity contribution in [2.75, 3.05) is 29.0 Å². The predicted octanol–water partition coefficient (Wildman–Crippen LogP) is 3.12. The zero-order valence-corrected chi connectivity index (χ0v) is 17.5. The summed E-state index contributed by atoms with van der Waals surface area (Å²) in [5, 5.41) is 0.904. The molecule has 3 aliphatic heterocycles. The van der Waals surface area contributed by atoms with Crippen LogP contribution in [0.1, 0.15) is 12.0 Å². The van der Waals surface area contributed by atoms with E-state index in [0.29, 0.717) is 5.75 Å². The molecule has 0 aliphatic carbocycles. The van der Waals surface area contributed by atoms with E-state index in [9.17, 15) is 8.42 Å². The van der Waals surface area contributed by atoms with Gasteiger partial charge in [0.15, 0.2) is 26.5 Å². The first-order valence-corrected chi connectivity index (χ1v) is 12.5. The van der Waals surface area contributed by atoms with Gasteiger partial charge in [-0.25, -0.2) is 8.42 Å². The number of amidine groups is 1. The molecule has 3 aliphatic rings. The molecule has 0 aromatic heterocycles. The normalized spacial score (nSPS) is 23.9. The third kappa shape index (κ3) is 3.83. The van der Waals surface area contributed by atoms with Crippen LogP contribution in [0.2, 0.25) is 0 Å². The molecule has 0 unspecified atom stereocenters. The van der Waals surface area contributed by atoms with Gasteiger partial charge in [-0.15, -0.1) is 0 Å². The molecule has 29 heavy (non-hydrogen) atoms. The van der Waals surface area contributed by atoms with E-state index < -0.39 is 9.84 Å². The lowest BCUT2D eigenvalue weighted by atomic mass is 10.1. The van der Waals surface area contributed by atoms with Crippen molar-refractivity contribution in [2.45, 2.75) is 24.9 Å². The van der Waals surface area contributed by atoms with Crippen LogP contribution in [0.25, 0.3) is 0 Å². The molecule has 0 spiro atoms. The van der Waals surface area contributed by atoms with Crippen molar-refractivity contribution in [3.8, 4) is 11.5 Å². The number of ether oxygens (including phenoxy) is 2. The van der Waals surface area contributed by atoms with Crippen LogP contribution in [0.5, 0.6) is 11.5 Å². The van der Waals surface area contributed by atoms with E-state index in [4.69, 9.17) is 14.5 Å². The lowest BCUT2D eigenvalue weighted by Crippen LogP contribution is -2.39. The lowest BCUT2D eigenvalue weighted by molar-refractivity contribution is 0.174. The first-order valence-electron chi connectivity index (χ1n) is 9.73. The minimum absolute atomic E-state index is 0.132. The van der Waals surface area contributed by atoms with Crippen LogP contribution >= 0.6 is 11.8 Å². The summed E-state index contributed by atoms with van der Waals surface area (Å²) in [6.07, 6.45) is 2.06. The maximum atomic E-state index is 12.2. The van der Waals surface area contributed by atoms with Gasteiger partial charge in [0.2, 0.25) is 6.79 Å². The van der Waals surface area contributed by atoms with Gasteiger partial charge in [-0.05, 0) is 30.5 Å². The largest absolute Gasteiger partial charge is 0.454 e. The second-order valence-corrected chi connectivity index (χ2v) is 10.7. The number of rotatable bonds is 5. The van der Waals surface area contributed by atoms with Crippen molar-refractivity contribution >= 4 is 32.5 Å². The Kier molecular flexibility index (Phi) is 4.91. The molecule has 2 aromatic carbocycles. The van der Waals surface area contributed by atoms with Gasteiger partial charge >= 0.3 is 0 Å². The summed E-state index contributed by atoms with van der Waals surface area (Å²) in [4.78, 5) is 6.88. The highest BCUT2D eigenvalue weighted by molar-refractivity contribution is 8.14. The van der Waals surface area contributed by atoms with Gasteiger partial charge in [0.05, 0.1) is 23.6 Å². The highest BCUT2D eigenvalue weighted by atomic mass is 32.2. The number of anilines is 1. The Morgan fingerprint density at radius 3 is 2.76 bits per heavy atom. The molecular weight excluding hydrogens is 408 g/mol. The summed E-state index contributed by atoms with van der Waals surface area (Å²) in [6.45, 7) is 0.217. The van der Waals surface area contributed by atoms with Crippen molar-refractivity contribution in [3.05, 3.63) is 54.1 Å². The summed E-state index contributed by atoms with van der Waals surface area (Å²) in [6, 6.07) is 15.9. The number of hydrogen-bond acceptors (Lipinski definition) is 7. The van der Waals surface area contributed by atoms with E-state index >= 15 is 0 Å². The van der Waals surface area contributed by atoms with E-state index in [-0.39, 0.29) is 30.4 Å². The zero-order valence-electron chi connectivity index (χ0n) is 15.9. The Morgan fingerprint density at radius 2 is 1.90 bits per heavy atom. The molecule has 0 amide bonds. The maximum Gasteiger partial charge on any atom is 0.231 e. The van der Waals surface area contributed by atoms with E-state index in [1.54, 1.807) is 11.8 Å². The van der Waals surface area contributed by atoms with Gasteiger partial charge in [0.1, 0.15) is 0 Å². The minimum Gasteiger partial charge on any atom is -0.454 e. The average molecular weight is 431 g/mol. The number of hydrogen-bond donors (Lipinski definition) is 0. The number of nitrogens with zero attached hydrogens (tertiary/aromatic N) is 2. The van der Waals surface area contributed by atoms with E-state index in [1.807, 2.05) is 24.3 Å². The standard InChI is InChI=1S/C21H22N2O4S2/c24-29(25)12-17-18(13-29)23(16-8-9-19-20(11-16)27-14-26-19)21(22-17)28-10-4-7-15-5-2-1-3-6-15/h1-3,5-6,8-9,11,17-18H,4,7,10,12-14H2/t17-,18+/m0/s1. The van der Waals surface area contributed by atoms with Gasteiger partial charge in [-0.1, -0.05) is 42.1 Å².